The van der Waals surface area contributed by atoms with Gasteiger partial charge in [-0.25, -0.2) is 0 Å². The third kappa shape index (κ3) is 8.05. The molecule has 48 heavy (non-hydrogen) atoms. The average Bonchev–Trinajstić information content (AvgIpc) is 3.00. The summed E-state index contributed by atoms with van der Waals surface area (Å²) in [4.78, 5) is -1.65. The fourth-order valence-corrected chi connectivity index (χ4v) is 16.5. The molecule has 18 heteroatoms. The van der Waals surface area contributed by atoms with Crippen molar-refractivity contribution in [2.45, 2.75) is 32.4 Å². The van der Waals surface area contributed by atoms with E-state index >= 15 is 0 Å². The van der Waals surface area contributed by atoms with Gasteiger partial charge in [-0.3, -0.25) is 18.2 Å². The van der Waals surface area contributed by atoms with Crippen LogP contribution in [0.4, 0.5) is 0 Å². The van der Waals surface area contributed by atoms with Crippen LogP contribution in [0.1, 0.15) is 12.8 Å². The molecular formula is C30H30O12P2S4. The van der Waals surface area contributed by atoms with Gasteiger partial charge in [-0.05, 0) is 77.1 Å². The van der Waals surface area contributed by atoms with Crippen LogP contribution in [0, 0.1) is 11.8 Å². The van der Waals surface area contributed by atoms with Crippen LogP contribution >= 0.6 is 15.8 Å². The Hall–Kier alpha value is -2.62. The van der Waals surface area contributed by atoms with Gasteiger partial charge in [-0.2, -0.15) is 33.7 Å². The molecule has 0 heterocycles. The van der Waals surface area contributed by atoms with Crippen molar-refractivity contribution in [2.24, 2.45) is 11.8 Å². The molecule has 2 atom stereocenters. The summed E-state index contributed by atoms with van der Waals surface area (Å²) in [5, 5.41) is 0.639. The highest BCUT2D eigenvalue weighted by Crippen LogP contribution is 2.51. The van der Waals surface area contributed by atoms with Gasteiger partial charge in [0.05, 0.1) is 0 Å². The van der Waals surface area contributed by atoms with Crippen molar-refractivity contribution in [3.05, 3.63) is 97.1 Å². The van der Waals surface area contributed by atoms with Crippen LogP contribution in [-0.2, 0) is 40.5 Å². The topological polar surface area (TPSA) is 217 Å². The Morgan fingerprint density at radius 1 is 0.417 bits per heavy atom. The first-order valence-electron chi connectivity index (χ1n) is 14.2. The standard InChI is InChI=1S/C30H30O12P2S4/c31-45(32,33)27-13-5-1-9-23(27)43(24-10-2-6-14-28(24)46(34,35)36)19-21-17-18-22(21)20-44(25-11-3-7-15-29(25)47(37,38)39)26-12-4-8-16-30(26)48(40,41)42/h1-16,21-22H,17-20H2,(H,31,32,33)(H,34,35,36)(H,37,38,39)(H,40,41,42). The van der Waals surface area contributed by atoms with Gasteiger partial charge in [0.15, 0.2) is 0 Å². The molecule has 0 radical (unpaired) electrons. The van der Waals surface area contributed by atoms with Gasteiger partial charge >= 0.3 is 0 Å². The maximum atomic E-state index is 12.5. The van der Waals surface area contributed by atoms with Gasteiger partial charge in [0.2, 0.25) is 0 Å². The minimum atomic E-state index is -4.76. The molecule has 4 N–H and O–H groups in total. The molecule has 0 aliphatic heterocycles. The Labute approximate surface area is 281 Å². The molecule has 12 nitrogen and oxygen atoms in total. The van der Waals surface area contributed by atoms with Crippen molar-refractivity contribution in [3.63, 3.8) is 0 Å². The van der Waals surface area contributed by atoms with Crippen molar-refractivity contribution in [2.75, 3.05) is 12.3 Å². The molecule has 0 aromatic heterocycles. The zero-order valence-electron chi connectivity index (χ0n) is 24.8. The predicted molar refractivity (Wildman–Crippen MR) is 183 cm³/mol. The Bertz CT molecular complexity index is 1980. The molecule has 1 aliphatic rings. The van der Waals surface area contributed by atoms with Gasteiger partial charge in [-0.15, -0.1) is 0 Å². The predicted octanol–water partition coefficient (Wildman–Crippen LogP) is 3.27. The van der Waals surface area contributed by atoms with Crippen LogP contribution < -0.4 is 21.2 Å². The lowest BCUT2D eigenvalue weighted by atomic mass is 9.76. The first-order chi connectivity index (χ1) is 22.4. The average molecular weight is 773 g/mol. The molecule has 5 rings (SSSR count). The Kier molecular flexibility index (Phi) is 10.7. The molecule has 0 bridgehead atoms. The summed E-state index contributed by atoms with van der Waals surface area (Å²) in [5.74, 6) is -0.471. The molecule has 0 spiro atoms. The minimum absolute atomic E-state index is 0.160. The van der Waals surface area contributed by atoms with E-state index in [0.29, 0.717) is 12.8 Å². The zero-order chi connectivity index (χ0) is 35.1. The van der Waals surface area contributed by atoms with Crippen LogP contribution in [-0.4, -0.2) is 64.2 Å². The quantitative estimate of drug-likeness (QED) is 0.121. The smallest absolute Gasteiger partial charge is 0.282 e. The number of benzene rings is 4. The zero-order valence-corrected chi connectivity index (χ0v) is 29.9. The largest absolute Gasteiger partial charge is 0.295 e. The molecule has 1 aliphatic carbocycles. The van der Waals surface area contributed by atoms with Crippen molar-refractivity contribution < 1.29 is 51.9 Å². The maximum absolute atomic E-state index is 12.5. The molecule has 2 unspecified atom stereocenters. The summed E-state index contributed by atoms with van der Waals surface area (Å²) in [6.07, 6.45) is 1.58. The second kappa shape index (κ2) is 13.9. The summed E-state index contributed by atoms with van der Waals surface area (Å²) >= 11 is 0. The molecule has 0 saturated heterocycles. The van der Waals surface area contributed by atoms with Crippen molar-refractivity contribution in [3.8, 4) is 0 Å². The van der Waals surface area contributed by atoms with E-state index in [1.165, 1.54) is 72.8 Å². The van der Waals surface area contributed by atoms with Gasteiger partial charge in [0.1, 0.15) is 19.6 Å². The summed E-state index contributed by atoms with van der Waals surface area (Å²) < 4.78 is 140. The first-order valence-corrected chi connectivity index (χ1v) is 23.0. The fraction of sp³-hybridized carbons (Fsp3) is 0.200. The Morgan fingerprint density at radius 2 is 0.625 bits per heavy atom. The molecule has 1 fully saturated rings. The molecule has 0 amide bonds. The molecule has 4 aromatic rings. The van der Waals surface area contributed by atoms with Crippen molar-refractivity contribution in [1.29, 1.82) is 0 Å². The normalized spacial score (nSPS) is 17.4. The van der Waals surface area contributed by atoms with E-state index < -0.39 is 75.9 Å². The number of rotatable bonds is 12. The molecule has 1 saturated carbocycles. The van der Waals surface area contributed by atoms with Crippen molar-refractivity contribution >= 4 is 77.5 Å². The van der Waals surface area contributed by atoms with Gasteiger partial charge in [0.25, 0.3) is 40.5 Å². The SMILES string of the molecule is O=S(=O)(O)c1ccccc1P(CC1CCC1CP(c1ccccc1S(=O)(=O)O)c1ccccc1S(=O)(=O)O)c1ccccc1S(=O)(=O)O. The van der Waals surface area contributed by atoms with Crippen LogP contribution in [0.5, 0.6) is 0 Å². The van der Waals surface area contributed by atoms with Crippen LogP contribution in [0.2, 0.25) is 0 Å². The summed E-state index contributed by atoms with van der Waals surface area (Å²) in [7, 11) is -22.8. The van der Waals surface area contributed by atoms with E-state index in [-0.39, 0.29) is 45.4 Å². The van der Waals surface area contributed by atoms with Crippen molar-refractivity contribution in [1.82, 2.24) is 0 Å². The van der Waals surface area contributed by atoms with Crippen LogP contribution in [0.15, 0.2) is 117 Å². The van der Waals surface area contributed by atoms with E-state index in [0.717, 1.165) is 0 Å². The van der Waals surface area contributed by atoms with E-state index in [1.807, 2.05) is 0 Å². The van der Waals surface area contributed by atoms with Gasteiger partial charge in [0, 0.05) is 21.2 Å². The lowest BCUT2D eigenvalue weighted by molar-refractivity contribution is 0.228. The first kappa shape index (κ1) is 36.7. The highest BCUT2D eigenvalue weighted by atomic mass is 32.2. The molecular weight excluding hydrogens is 743 g/mol. The third-order valence-electron chi connectivity index (χ3n) is 8.14. The summed E-state index contributed by atoms with van der Waals surface area (Å²) in [5.41, 5.74) is 0. The molecule has 4 aromatic carbocycles. The third-order valence-corrected chi connectivity index (χ3v) is 18.0. The van der Waals surface area contributed by atoms with E-state index in [9.17, 15) is 51.9 Å². The highest BCUT2D eigenvalue weighted by Gasteiger charge is 2.39. The fourth-order valence-electron chi connectivity index (χ4n) is 5.83. The Morgan fingerprint density at radius 3 is 0.812 bits per heavy atom. The van der Waals surface area contributed by atoms with Crippen LogP contribution in [0.3, 0.4) is 0 Å². The van der Waals surface area contributed by atoms with Gasteiger partial charge < -0.3 is 0 Å². The van der Waals surface area contributed by atoms with Crippen LogP contribution in [0.25, 0.3) is 0 Å². The maximum Gasteiger partial charge on any atom is 0.295 e. The van der Waals surface area contributed by atoms with E-state index in [4.69, 9.17) is 0 Å². The monoisotopic (exact) mass is 772 g/mol. The Balaban J connectivity index is 1.62. The lowest BCUT2D eigenvalue weighted by Gasteiger charge is -2.41. The second-order valence-electron chi connectivity index (χ2n) is 11.1. The second-order valence-corrected chi connectivity index (χ2v) is 21.0. The highest BCUT2D eigenvalue weighted by molar-refractivity contribution is 7.89. The minimum Gasteiger partial charge on any atom is -0.282 e. The summed E-state index contributed by atoms with van der Waals surface area (Å²) in [6, 6.07) is 22.5. The molecule has 256 valence electrons. The lowest BCUT2D eigenvalue weighted by Crippen LogP contribution is -2.36. The van der Waals surface area contributed by atoms with E-state index in [2.05, 4.69) is 0 Å². The summed E-state index contributed by atoms with van der Waals surface area (Å²) in [6.45, 7) is 0. The van der Waals surface area contributed by atoms with Gasteiger partial charge in [-0.1, -0.05) is 72.8 Å². The van der Waals surface area contributed by atoms with E-state index in [1.54, 1.807) is 24.3 Å². The number of hydrogen-bond acceptors (Lipinski definition) is 8. The number of hydrogen-bond donors (Lipinski definition) is 4.